The number of nitrogens with two attached hydrogens (primary N) is 2. The maximum absolute atomic E-state index is 13.6. The third-order valence-electron chi connectivity index (χ3n) is 11.3. The van der Waals surface area contributed by atoms with E-state index in [4.69, 9.17) is 21.6 Å². The first-order valence-electron chi connectivity index (χ1n) is 20.1. The number of likely N-dealkylation sites (tertiary alicyclic amines) is 2. The maximum atomic E-state index is 13.6. The van der Waals surface area contributed by atoms with Gasteiger partial charge in [0.15, 0.2) is 0 Å². The molecule has 0 spiro atoms. The van der Waals surface area contributed by atoms with E-state index in [1.54, 1.807) is 14.1 Å². The highest BCUT2D eigenvalue weighted by Crippen LogP contribution is 2.34. The fraction of sp³-hybridized carbons (Fsp3) is 0.277. The number of carbonyl (C=O) groups is 3. The molecule has 2 saturated heterocycles. The molecule has 4 heterocycles. The van der Waals surface area contributed by atoms with E-state index < -0.39 is 0 Å². The van der Waals surface area contributed by atoms with Gasteiger partial charge in [-0.25, -0.2) is 9.98 Å². The van der Waals surface area contributed by atoms with Crippen LogP contribution in [-0.2, 0) is 9.53 Å². The van der Waals surface area contributed by atoms with Crippen LogP contribution in [0.1, 0.15) is 63.9 Å². The molecule has 0 aromatic heterocycles. The van der Waals surface area contributed by atoms with E-state index in [-0.39, 0.29) is 42.4 Å². The van der Waals surface area contributed by atoms with E-state index >= 15 is 0 Å². The van der Waals surface area contributed by atoms with Gasteiger partial charge in [-0.15, -0.1) is 0 Å². The molecule has 2 fully saturated rings. The van der Waals surface area contributed by atoms with Crippen LogP contribution in [0.15, 0.2) is 106 Å². The molecule has 12 heteroatoms. The topological polar surface area (TPSA) is 171 Å². The molecule has 3 amide bonds. The van der Waals surface area contributed by atoms with Crippen molar-refractivity contribution in [2.75, 3.05) is 46.9 Å². The summed E-state index contributed by atoms with van der Waals surface area (Å²) in [6.07, 6.45) is 7.20. The number of fused-ring (bicyclic) bond motifs is 2. The number of nitrogens with zero attached hydrogens (tertiary/aromatic N) is 5. The Bertz CT molecular complexity index is 2460. The van der Waals surface area contributed by atoms with Gasteiger partial charge in [0.1, 0.15) is 11.7 Å². The molecule has 59 heavy (non-hydrogen) atoms. The number of benzene rings is 4. The summed E-state index contributed by atoms with van der Waals surface area (Å²) in [5.74, 6) is 0.811. The van der Waals surface area contributed by atoms with E-state index in [1.807, 2.05) is 107 Å². The average Bonchev–Trinajstić information content (AvgIpc) is 3.90. The largest absolute Gasteiger partial charge is 0.477 e. The van der Waals surface area contributed by atoms with Crippen molar-refractivity contribution in [2.45, 2.75) is 32.1 Å². The summed E-state index contributed by atoms with van der Waals surface area (Å²) in [7, 11) is 3.43. The Morgan fingerprint density at radius 1 is 0.695 bits per heavy atom. The van der Waals surface area contributed by atoms with Gasteiger partial charge in [0, 0.05) is 92.4 Å². The van der Waals surface area contributed by atoms with Crippen LogP contribution in [0, 0.1) is 11.3 Å². The zero-order valence-electron chi connectivity index (χ0n) is 33.4. The van der Waals surface area contributed by atoms with Gasteiger partial charge in [-0.1, -0.05) is 36.4 Å². The van der Waals surface area contributed by atoms with Gasteiger partial charge in [0.05, 0.1) is 18.0 Å². The fourth-order valence-electron chi connectivity index (χ4n) is 8.07. The second-order valence-electron chi connectivity index (χ2n) is 15.8. The van der Waals surface area contributed by atoms with Crippen LogP contribution in [-0.4, -0.2) is 96.9 Å². The smallest absolute Gasteiger partial charge is 0.253 e. The molecular formula is C47H48N8O4. The van der Waals surface area contributed by atoms with Crippen molar-refractivity contribution in [1.82, 2.24) is 14.7 Å². The van der Waals surface area contributed by atoms with E-state index in [0.29, 0.717) is 59.3 Å². The van der Waals surface area contributed by atoms with Gasteiger partial charge in [0.2, 0.25) is 11.8 Å². The number of ether oxygens (including phenoxy) is 1. The van der Waals surface area contributed by atoms with Crippen molar-refractivity contribution in [3.63, 3.8) is 0 Å². The normalized spacial score (nSPS) is 17.4. The average molecular weight is 789 g/mol. The number of rotatable bonds is 8. The molecule has 8 rings (SSSR count). The fourth-order valence-corrected chi connectivity index (χ4v) is 8.07. The Hall–Kier alpha value is -6.82. The number of amides is 3. The number of hydrogen-bond donors (Lipinski definition) is 3. The lowest BCUT2D eigenvalue weighted by atomic mass is 9.99. The summed E-state index contributed by atoms with van der Waals surface area (Å²) < 4.78 is 6.05. The summed E-state index contributed by atoms with van der Waals surface area (Å²) in [5.41, 5.74) is 21.8. The first-order chi connectivity index (χ1) is 28.5. The van der Waals surface area contributed by atoms with E-state index in [1.165, 1.54) is 4.90 Å². The Kier molecular flexibility index (Phi) is 11.0. The van der Waals surface area contributed by atoms with Gasteiger partial charge < -0.3 is 30.9 Å². The first-order valence-corrected chi connectivity index (χ1v) is 20.1. The number of nitrogens with one attached hydrogen (secondary N) is 1. The quantitative estimate of drug-likeness (QED) is 0.128. The Morgan fingerprint density at radius 2 is 1.19 bits per heavy atom. The van der Waals surface area contributed by atoms with Crippen LogP contribution in [0.4, 0.5) is 11.4 Å². The Labute approximate surface area is 344 Å². The highest BCUT2D eigenvalue weighted by atomic mass is 16.5. The number of likely N-dealkylation sites (N-methyl/N-ethyl adjacent to an activating group) is 1. The zero-order valence-corrected chi connectivity index (χ0v) is 33.4. The molecule has 0 aliphatic carbocycles. The molecule has 4 aliphatic rings. The van der Waals surface area contributed by atoms with Gasteiger partial charge in [-0.05, 0) is 102 Å². The summed E-state index contributed by atoms with van der Waals surface area (Å²) >= 11 is 0. The summed E-state index contributed by atoms with van der Waals surface area (Å²) in [4.78, 5) is 53.6. The van der Waals surface area contributed by atoms with Gasteiger partial charge >= 0.3 is 0 Å². The molecule has 12 nitrogen and oxygen atoms in total. The lowest BCUT2D eigenvalue weighted by Crippen LogP contribution is -2.29. The van der Waals surface area contributed by atoms with Crippen LogP contribution < -0.4 is 11.5 Å². The lowest BCUT2D eigenvalue weighted by Gasteiger charge is -2.18. The molecule has 0 saturated carbocycles. The Morgan fingerprint density at radius 3 is 1.73 bits per heavy atom. The molecule has 0 radical (unpaired) electrons. The molecule has 300 valence electrons. The van der Waals surface area contributed by atoms with Crippen LogP contribution in [0.2, 0.25) is 0 Å². The number of amidine groups is 2. The van der Waals surface area contributed by atoms with Crippen LogP contribution >= 0.6 is 0 Å². The monoisotopic (exact) mass is 788 g/mol. The first kappa shape index (κ1) is 39.0. The predicted octanol–water partition coefficient (Wildman–Crippen LogP) is 7.05. The van der Waals surface area contributed by atoms with E-state index in [9.17, 15) is 14.4 Å². The minimum atomic E-state index is -0.108. The highest BCUT2D eigenvalue weighted by Gasteiger charge is 2.28. The molecule has 5 N–H and O–H groups in total. The second-order valence-corrected chi connectivity index (χ2v) is 15.8. The molecule has 1 atom stereocenters. The standard InChI is InChI=1S/C47H48N8O4/c1-53(2)45(56)39-24-37-22-35(14-16-41(37)52-43(49)26-39)31-7-11-33(12-8-31)47(58)55-20-17-29(27-55)28-59-44(50)38-23-36-21-34(13-15-40(36)51-42(48)25-38)30-5-9-32(10-6-30)46(57)54-18-3-4-19-54/h5-16,21-24,29,50H,3-4,17-20,25-28H2,1-2H3,(H2,48,51)(H2,49,52). The van der Waals surface area contributed by atoms with Crippen LogP contribution in [0.25, 0.3) is 34.4 Å². The molecule has 0 bridgehead atoms. The number of aliphatic imine (C=N–C) groups is 2. The van der Waals surface area contributed by atoms with Gasteiger partial charge in [0.25, 0.3) is 11.8 Å². The zero-order chi connectivity index (χ0) is 41.2. The minimum Gasteiger partial charge on any atom is -0.477 e. The third kappa shape index (κ3) is 8.57. The highest BCUT2D eigenvalue weighted by molar-refractivity contribution is 6.06. The maximum Gasteiger partial charge on any atom is 0.253 e. The van der Waals surface area contributed by atoms with Gasteiger partial charge in [-0.2, -0.15) is 0 Å². The minimum absolute atomic E-state index is 0.0376. The van der Waals surface area contributed by atoms with Crippen molar-refractivity contribution < 1.29 is 19.1 Å². The van der Waals surface area contributed by atoms with Crippen molar-refractivity contribution in [3.05, 3.63) is 118 Å². The Balaban J connectivity index is 0.885. The molecule has 1 unspecified atom stereocenters. The van der Waals surface area contributed by atoms with E-state index in [2.05, 4.69) is 9.98 Å². The van der Waals surface area contributed by atoms with Crippen molar-refractivity contribution in [1.29, 1.82) is 5.41 Å². The number of carbonyl (C=O) groups excluding carboxylic acids is 3. The van der Waals surface area contributed by atoms with Crippen molar-refractivity contribution in [2.24, 2.45) is 27.4 Å². The van der Waals surface area contributed by atoms with Crippen molar-refractivity contribution >= 4 is 58.8 Å². The van der Waals surface area contributed by atoms with Crippen LogP contribution in [0.5, 0.6) is 0 Å². The summed E-state index contributed by atoms with van der Waals surface area (Å²) in [6, 6.07) is 27.0. The van der Waals surface area contributed by atoms with Crippen molar-refractivity contribution in [3.8, 4) is 22.3 Å². The lowest BCUT2D eigenvalue weighted by molar-refractivity contribution is -0.124. The summed E-state index contributed by atoms with van der Waals surface area (Å²) in [5, 5.41) is 8.86. The SMILES string of the molecule is CN(C)C(=O)C1=Cc2cc(-c3ccc(C(=O)N4CCC(COC(=N)C5=Cc6cc(-c7ccc(C(=O)N8CCCC8)cc7)ccc6N=C(N)C5)C4)cc3)ccc2N=C(N)C1. The second kappa shape index (κ2) is 16.6. The molecule has 4 aromatic carbocycles. The number of hydrogen-bond acceptors (Lipinski definition) is 9. The third-order valence-corrected chi connectivity index (χ3v) is 11.3. The summed E-state index contributed by atoms with van der Waals surface area (Å²) in [6.45, 7) is 3.05. The van der Waals surface area contributed by atoms with Crippen LogP contribution in [0.3, 0.4) is 0 Å². The molecule has 4 aliphatic heterocycles. The molecule has 4 aromatic rings. The molecular weight excluding hydrogens is 741 g/mol. The van der Waals surface area contributed by atoms with Gasteiger partial charge in [-0.3, -0.25) is 19.8 Å². The van der Waals surface area contributed by atoms with E-state index in [0.717, 1.165) is 71.4 Å². The predicted molar refractivity (Wildman–Crippen MR) is 233 cm³/mol.